The fourth-order valence-electron chi connectivity index (χ4n) is 5.35. The van der Waals surface area contributed by atoms with E-state index in [2.05, 4.69) is 17.0 Å². The molecule has 0 saturated carbocycles. The largest absolute Gasteiger partial charge is 0.417 e. The fraction of sp³-hybridized carbons (Fsp3) is 0.242. The summed E-state index contributed by atoms with van der Waals surface area (Å²) in [7, 11) is 0. The SMILES string of the molecule is O=C(Cc1ccccc1)N1CCN(Cc2ccc(-c3ccccc3C(F)(F)F)cc2)C[C@H]1Cc1ccccc1. The quantitative estimate of drug-likeness (QED) is 0.261. The van der Waals surface area contributed by atoms with E-state index >= 15 is 0 Å². The molecule has 1 aliphatic rings. The van der Waals surface area contributed by atoms with Crippen LogP contribution in [0, 0.1) is 0 Å². The maximum atomic E-state index is 13.5. The lowest BCUT2D eigenvalue weighted by molar-refractivity contribution is -0.137. The second-order valence-electron chi connectivity index (χ2n) is 10.1. The Hall–Kier alpha value is -3.90. The summed E-state index contributed by atoms with van der Waals surface area (Å²) in [6, 6.07) is 33.1. The van der Waals surface area contributed by atoms with E-state index in [1.165, 1.54) is 17.7 Å². The zero-order valence-electron chi connectivity index (χ0n) is 21.6. The zero-order chi connectivity index (χ0) is 27.2. The number of hydrogen-bond acceptors (Lipinski definition) is 2. The average Bonchev–Trinajstić information content (AvgIpc) is 2.94. The van der Waals surface area contributed by atoms with E-state index in [0.29, 0.717) is 25.1 Å². The van der Waals surface area contributed by atoms with Gasteiger partial charge in [0.25, 0.3) is 0 Å². The number of alkyl halides is 3. The topological polar surface area (TPSA) is 23.6 Å². The van der Waals surface area contributed by atoms with Crippen molar-refractivity contribution in [3.8, 4) is 11.1 Å². The summed E-state index contributed by atoms with van der Waals surface area (Å²) in [6.45, 7) is 2.78. The normalized spacial score (nSPS) is 16.3. The highest BCUT2D eigenvalue weighted by Crippen LogP contribution is 2.37. The number of amides is 1. The first kappa shape index (κ1) is 26.7. The molecule has 6 heteroatoms. The van der Waals surface area contributed by atoms with Crippen molar-refractivity contribution in [2.75, 3.05) is 19.6 Å². The molecule has 4 aromatic carbocycles. The van der Waals surface area contributed by atoms with Gasteiger partial charge < -0.3 is 4.90 Å². The Balaban J connectivity index is 1.29. The number of rotatable bonds is 7. The molecule has 3 nitrogen and oxygen atoms in total. The molecule has 5 rings (SSSR count). The van der Waals surface area contributed by atoms with Gasteiger partial charge in [-0.05, 0) is 40.3 Å². The lowest BCUT2D eigenvalue weighted by Gasteiger charge is -2.42. The van der Waals surface area contributed by atoms with E-state index in [4.69, 9.17) is 0 Å². The Morgan fingerprint density at radius 1 is 0.718 bits per heavy atom. The Bertz CT molecular complexity index is 1370. The van der Waals surface area contributed by atoms with Gasteiger partial charge >= 0.3 is 6.18 Å². The molecule has 0 N–H and O–H groups in total. The number of piperazine rings is 1. The number of benzene rings is 4. The van der Waals surface area contributed by atoms with Crippen molar-refractivity contribution < 1.29 is 18.0 Å². The van der Waals surface area contributed by atoms with Gasteiger partial charge in [-0.3, -0.25) is 9.69 Å². The first-order valence-electron chi connectivity index (χ1n) is 13.2. The van der Waals surface area contributed by atoms with Crippen molar-refractivity contribution in [3.63, 3.8) is 0 Å². The molecule has 200 valence electrons. The minimum Gasteiger partial charge on any atom is -0.337 e. The summed E-state index contributed by atoms with van der Waals surface area (Å²) < 4.78 is 40.5. The summed E-state index contributed by atoms with van der Waals surface area (Å²) in [4.78, 5) is 17.7. The molecule has 0 spiro atoms. The van der Waals surface area contributed by atoms with Crippen molar-refractivity contribution >= 4 is 5.91 Å². The van der Waals surface area contributed by atoms with Crippen LogP contribution in [0.3, 0.4) is 0 Å². The predicted molar refractivity (Wildman–Crippen MR) is 148 cm³/mol. The van der Waals surface area contributed by atoms with Crippen LogP contribution in [-0.2, 0) is 30.4 Å². The van der Waals surface area contributed by atoms with Gasteiger partial charge in [-0.15, -0.1) is 0 Å². The Labute approximate surface area is 227 Å². The van der Waals surface area contributed by atoms with Gasteiger partial charge in [0.2, 0.25) is 5.91 Å². The molecule has 1 amide bonds. The molecule has 0 aliphatic carbocycles. The number of carbonyl (C=O) groups is 1. The minimum atomic E-state index is -4.40. The van der Waals surface area contributed by atoms with Crippen molar-refractivity contribution in [1.82, 2.24) is 9.80 Å². The molecule has 4 aromatic rings. The maximum absolute atomic E-state index is 13.5. The third-order valence-corrected chi connectivity index (χ3v) is 7.30. The highest BCUT2D eigenvalue weighted by atomic mass is 19.4. The maximum Gasteiger partial charge on any atom is 0.417 e. The Morgan fingerprint density at radius 2 is 1.33 bits per heavy atom. The third kappa shape index (κ3) is 6.76. The molecule has 1 atom stereocenters. The van der Waals surface area contributed by atoms with Gasteiger partial charge in [0.05, 0.1) is 12.0 Å². The van der Waals surface area contributed by atoms with Crippen LogP contribution in [0.15, 0.2) is 109 Å². The minimum absolute atomic E-state index is 0.0373. The summed E-state index contributed by atoms with van der Waals surface area (Å²) in [5, 5.41) is 0. The highest BCUT2D eigenvalue weighted by Gasteiger charge is 2.33. The van der Waals surface area contributed by atoms with Crippen LogP contribution in [0.25, 0.3) is 11.1 Å². The molecule has 1 fully saturated rings. The van der Waals surface area contributed by atoms with Crippen LogP contribution in [0.2, 0.25) is 0 Å². The molecule has 1 aliphatic heterocycles. The van der Waals surface area contributed by atoms with Crippen molar-refractivity contribution in [1.29, 1.82) is 0 Å². The number of carbonyl (C=O) groups excluding carboxylic acids is 1. The second kappa shape index (κ2) is 11.9. The Kier molecular flexibility index (Phi) is 8.13. The third-order valence-electron chi connectivity index (χ3n) is 7.30. The zero-order valence-corrected chi connectivity index (χ0v) is 21.6. The molecule has 1 heterocycles. The van der Waals surface area contributed by atoms with Gasteiger partial charge in [-0.25, -0.2) is 0 Å². The van der Waals surface area contributed by atoms with Crippen LogP contribution in [0.5, 0.6) is 0 Å². The number of halogens is 3. The van der Waals surface area contributed by atoms with E-state index in [9.17, 15) is 18.0 Å². The summed E-state index contributed by atoms with van der Waals surface area (Å²) in [5.74, 6) is 0.134. The van der Waals surface area contributed by atoms with Gasteiger partial charge in [0, 0.05) is 32.2 Å². The van der Waals surface area contributed by atoms with E-state index in [1.54, 1.807) is 18.2 Å². The smallest absolute Gasteiger partial charge is 0.337 e. The molecule has 39 heavy (non-hydrogen) atoms. The first-order chi connectivity index (χ1) is 18.9. The number of nitrogens with zero attached hydrogens (tertiary/aromatic N) is 2. The Morgan fingerprint density at radius 3 is 2.00 bits per heavy atom. The van der Waals surface area contributed by atoms with Gasteiger partial charge in [0.15, 0.2) is 0 Å². The highest BCUT2D eigenvalue weighted by molar-refractivity contribution is 5.79. The van der Waals surface area contributed by atoms with Gasteiger partial charge in [-0.2, -0.15) is 13.2 Å². The molecular formula is C33H31F3N2O. The molecule has 0 aromatic heterocycles. The number of hydrogen-bond donors (Lipinski definition) is 0. The van der Waals surface area contributed by atoms with Crippen molar-refractivity contribution in [2.24, 2.45) is 0 Å². The molecule has 0 bridgehead atoms. The van der Waals surface area contributed by atoms with Crippen LogP contribution < -0.4 is 0 Å². The van der Waals surface area contributed by atoms with Crippen LogP contribution in [0.1, 0.15) is 22.3 Å². The van der Waals surface area contributed by atoms with Gasteiger partial charge in [0.1, 0.15) is 0 Å². The van der Waals surface area contributed by atoms with Crippen LogP contribution in [0.4, 0.5) is 13.2 Å². The standard InChI is InChI=1S/C33H31F3N2O/c34-33(35,36)31-14-8-7-13-30(31)28-17-15-27(16-18-28)23-37-19-20-38(32(39)22-26-11-5-2-6-12-26)29(24-37)21-25-9-3-1-4-10-25/h1-18,29H,19-24H2/t29-/m1/s1. The van der Waals surface area contributed by atoms with Crippen LogP contribution in [-0.4, -0.2) is 41.4 Å². The van der Waals surface area contributed by atoms with Crippen molar-refractivity contribution in [2.45, 2.75) is 31.6 Å². The van der Waals surface area contributed by atoms with Crippen LogP contribution >= 0.6 is 0 Å². The molecule has 0 radical (unpaired) electrons. The molecular weight excluding hydrogens is 497 g/mol. The molecule has 0 unspecified atom stereocenters. The van der Waals surface area contributed by atoms with Gasteiger partial charge in [-0.1, -0.05) is 103 Å². The molecule has 1 saturated heterocycles. The van der Waals surface area contributed by atoms with E-state index in [0.717, 1.165) is 36.7 Å². The van der Waals surface area contributed by atoms with E-state index in [1.807, 2.05) is 65.6 Å². The average molecular weight is 529 g/mol. The summed E-state index contributed by atoms with van der Waals surface area (Å²) >= 11 is 0. The van der Waals surface area contributed by atoms with E-state index < -0.39 is 11.7 Å². The predicted octanol–water partition coefficient (Wildman–Crippen LogP) is 6.87. The fourth-order valence-corrected chi connectivity index (χ4v) is 5.35. The monoisotopic (exact) mass is 528 g/mol. The lowest BCUT2D eigenvalue weighted by Crippen LogP contribution is -2.56. The van der Waals surface area contributed by atoms with E-state index in [-0.39, 0.29) is 17.5 Å². The lowest BCUT2D eigenvalue weighted by atomic mass is 9.98. The first-order valence-corrected chi connectivity index (χ1v) is 13.2. The van der Waals surface area contributed by atoms with Crippen molar-refractivity contribution in [3.05, 3.63) is 131 Å². The second-order valence-corrected chi connectivity index (χ2v) is 10.1. The summed E-state index contributed by atoms with van der Waals surface area (Å²) in [6.07, 6.45) is -3.25. The summed E-state index contributed by atoms with van der Waals surface area (Å²) in [5.41, 5.74) is 3.34.